The second-order valence-electron chi connectivity index (χ2n) is 6.67. The van der Waals surface area contributed by atoms with Crippen molar-refractivity contribution in [2.75, 3.05) is 26.2 Å². The van der Waals surface area contributed by atoms with Crippen molar-refractivity contribution < 1.29 is 0 Å². The van der Waals surface area contributed by atoms with Gasteiger partial charge in [-0.25, -0.2) is 0 Å². The SMILES string of the molecule is CCn1cc(CN2CCN(Cc3cccc(C)c3)CC2)cc1C#N. The molecule has 0 N–H and O–H groups in total. The molecule has 126 valence electrons. The second-order valence-corrected chi connectivity index (χ2v) is 6.67. The smallest absolute Gasteiger partial charge is 0.120 e. The zero-order valence-electron chi connectivity index (χ0n) is 14.7. The molecule has 0 aliphatic carbocycles. The molecule has 0 saturated carbocycles. The average molecular weight is 322 g/mol. The van der Waals surface area contributed by atoms with Crippen LogP contribution in [0, 0.1) is 18.3 Å². The Hall–Kier alpha value is -2.09. The molecule has 1 aliphatic heterocycles. The quantitative estimate of drug-likeness (QED) is 0.849. The van der Waals surface area contributed by atoms with Gasteiger partial charge in [0, 0.05) is 52.0 Å². The van der Waals surface area contributed by atoms with E-state index in [0.717, 1.165) is 51.5 Å². The number of hydrogen-bond donors (Lipinski definition) is 0. The number of hydrogen-bond acceptors (Lipinski definition) is 3. The molecule has 0 spiro atoms. The third-order valence-electron chi connectivity index (χ3n) is 4.77. The molecular weight excluding hydrogens is 296 g/mol. The van der Waals surface area contributed by atoms with Crippen LogP contribution in [0.2, 0.25) is 0 Å². The lowest BCUT2D eigenvalue weighted by Crippen LogP contribution is -2.45. The van der Waals surface area contributed by atoms with Gasteiger partial charge in [0.1, 0.15) is 11.8 Å². The molecule has 4 nitrogen and oxygen atoms in total. The molecule has 1 saturated heterocycles. The van der Waals surface area contributed by atoms with Crippen molar-refractivity contribution in [2.45, 2.75) is 33.5 Å². The van der Waals surface area contributed by atoms with E-state index in [2.05, 4.69) is 60.2 Å². The number of aromatic nitrogens is 1. The molecule has 1 fully saturated rings. The largest absolute Gasteiger partial charge is 0.339 e. The number of rotatable bonds is 5. The molecule has 2 heterocycles. The van der Waals surface area contributed by atoms with Gasteiger partial charge in [-0.1, -0.05) is 29.8 Å². The van der Waals surface area contributed by atoms with Gasteiger partial charge < -0.3 is 4.57 Å². The van der Waals surface area contributed by atoms with Crippen LogP contribution in [0.4, 0.5) is 0 Å². The normalized spacial score (nSPS) is 16.2. The van der Waals surface area contributed by atoms with Crippen LogP contribution >= 0.6 is 0 Å². The van der Waals surface area contributed by atoms with Gasteiger partial charge in [-0.2, -0.15) is 5.26 Å². The van der Waals surface area contributed by atoms with Crippen molar-refractivity contribution in [3.8, 4) is 6.07 Å². The van der Waals surface area contributed by atoms with Gasteiger partial charge in [0.15, 0.2) is 0 Å². The lowest BCUT2D eigenvalue weighted by Gasteiger charge is -2.34. The summed E-state index contributed by atoms with van der Waals surface area (Å²) >= 11 is 0. The summed E-state index contributed by atoms with van der Waals surface area (Å²) in [6.07, 6.45) is 2.12. The van der Waals surface area contributed by atoms with Crippen LogP contribution in [-0.4, -0.2) is 40.5 Å². The lowest BCUT2D eigenvalue weighted by molar-refractivity contribution is 0.122. The highest BCUT2D eigenvalue weighted by Crippen LogP contribution is 2.14. The standard InChI is InChI=1S/C20H26N4/c1-3-24-16-19(12-20(24)13-21)15-23-9-7-22(8-10-23)14-18-6-4-5-17(2)11-18/h4-6,11-12,16H,3,7-10,14-15H2,1-2H3. The number of aryl methyl sites for hydroxylation is 2. The molecule has 1 aromatic carbocycles. The Morgan fingerprint density at radius 1 is 1.00 bits per heavy atom. The van der Waals surface area contributed by atoms with Crippen molar-refractivity contribution in [1.29, 1.82) is 5.26 Å². The highest BCUT2D eigenvalue weighted by molar-refractivity contribution is 5.28. The maximum atomic E-state index is 9.17. The molecular formula is C20H26N4. The van der Waals surface area contributed by atoms with E-state index in [1.165, 1.54) is 16.7 Å². The summed E-state index contributed by atoms with van der Waals surface area (Å²) in [5.41, 5.74) is 4.76. The molecule has 2 aromatic rings. The Morgan fingerprint density at radius 2 is 1.67 bits per heavy atom. The molecule has 4 heteroatoms. The molecule has 3 rings (SSSR count). The molecule has 0 radical (unpaired) electrons. The summed E-state index contributed by atoms with van der Waals surface area (Å²) in [7, 11) is 0. The fourth-order valence-electron chi connectivity index (χ4n) is 3.44. The Morgan fingerprint density at radius 3 is 2.21 bits per heavy atom. The summed E-state index contributed by atoms with van der Waals surface area (Å²) in [4.78, 5) is 5.02. The third-order valence-corrected chi connectivity index (χ3v) is 4.77. The molecule has 0 atom stereocenters. The molecule has 24 heavy (non-hydrogen) atoms. The summed E-state index contributed by atoms with van der Waals surface area (Å²) in [5.74, 6) is 0. The van der Waals surface area contributed by atoms with Crippen LogP contribution < -0.4 is 0 Å². The van der Waals surface area contributed by atoms with Crippen molar-refractivity contribution >= 4 is 0 Å². The van der Waals surface area contributed by atoms with E-state index >= 15 is 0 Å². The number of nitrogens with zero attached hydrogens (tertiary/aromatic N) is 4. The van der Waals surface area contributed by atoms with Crippen molar-refractivity contribution in [3.63, 3.8) is 0 Å². The number of nitriles is 1. The van der Waals surface area contributed by atoms with E-state index < -0.39 is 0 Å². The van der Waals surface area contributed by atoms with Crippen LogP contribution in [0.5, 0.6) is 0 Å². The van der Waals surface area contributed by atoms with E-state index in [1.54, 1.807) is 0 Å². The van der Waals surface area contributed by atoms with Crippen LogP contribution in [0.3, 0.4) is 0 Å². The predicted molar refractivity (Wildman–Crippen MR) is 96.6 cm³/mol. The number of benzene rings is 1. The third kappa shape index (κ3) is 4.05. The molecule has 0 bridgehead atoms. The summed E-state index contributed by atoms with van der Waals surface area (Å²) in [5, 5.41) is 9.17. The van der Waals surface area contributed by atoms with Gasteiger partial charge in [0.25, 0.3) is 0 Å². The topological polar surface area (TPSA) is 35.2 Å². The summed E-state index contributed by atoms with van der Waals surface area (Å²) in [6, 6.07) is 13.1. The van der Waals surface area contributed by atoms with E-state index in [4.69, 9.17) is 0 Å². The van der Waals surface area contributed by atoms with Gasteiger partial charge in [0.2, 0.25) is 0 Å². The van der Waals surface area contributed by atoms with Gasteiger partial charge in [-0.3, -0.25) is 9.80 Å². The van der Waals surface area contributed by atoms with E-state index in [9.17, 15) is 5.26 Å². The fraction of sp³-hybridized carbons (Fsp3) is 0.450. The first kappa shape index (κ1) is 16.8. The molecule has 0 unspecified atom stereocenters. The molecule has 1 aliphatic rings. The maximum Gasteiger partial charge on any atom is 0.120 e. The van der Waals surface area contributed by atoms with Gasteiger partial charge in [0.05, 0.1) is 0 Å². The van der Waals surface area contributed by atoms with Gasteiger partial charge in [-0.15, -0.1) is 0 Å². The first-order valence-electron chi connectivity index (χ1n) is 8.77. The Balaban J connectivity index is 1.52. The van der Waals surface area contributed by atoms with E-state index in [1.807, 2.05) is 10.6 Å². The molecule has 0 amide bonds. The van der Waals surface area contributed by atoms with Gasteiger partial charge in [-0.05, 0) is 31.0 Å². The average Bonchev–Trinajstić information content (AvgIpc) is 2.99. The molecule has 1 aromatic heterocycles. The monoisotopic (exact) mass is 322 g/mol. The first-order chi connectivity index (χ1) is 11.7. The van der Waals surface area contributed by atoms with Crippen molar-refractivity contribution in [1.82, 2.24) is 14.4 Å². The summed E-state index contributed by atoms with van der Waals surface area (Å²) in [6.45, 7) is 11.5. The zero-order chi connectivity index (χ0) is 16.9. The second kappa shape index (κ2) is 7.65. The van der Waals surface area contributed by atoms with Gasteiger partial charge >= 0.3 is 0 Å². The highest BCUT2D eigenvalue weighted by Gasteiger charge is 2.18. The minimum Gasteiger partial charge on any atom is -0.339 e. The lowest BCUT2D eigenvalue weighted by atomic mass is 10.1. The minimum atomic E-state index is 0.769. The predicted octanol–water partition coefficient (Wildman–Crippen LogP) is 3.01. The van der Waals surface area contributed by atoms with Crippen LogP contribution in [0.1, 0.15) is 29.3 Å². The van der Waals surface area contributed by atoms with Crippen LogP contribution in [0.25, 0.3) is 0 Å². The van der Waals surface area contributed by atoms with Crippen LogP contribution in [0.15, 0.2) is 36.5 Å². The van der Waals surface area contributed by atoms with Crippen molar-refractivity contribution in [2.24, 2.45) is 0 Å². The first-order valence-corrected chi connectivity index (χ1v) is 8.77. The fourth-order valence-corrected chi connectivity index (χ4v) is 3.44. The zero-order valence-corrected chi connectivity index (χ0v) is 14.7. The number of piperazine rings is 1. The summed E-state index contributed by atoms with van der Waals surface area (Å²) < 4.78 is 2.03. The minimum absolute atomic E-state index is 0.769. The van der Waals surface area contributed by atoms with Crippen molar-refractivity contribution in [3.05, 3.63) is 58.9 Å². The Kier molecular flexibility index (Phi) is 5.34. The highest BCUT2D eigenvalue weighted by atomic mass is 15.3. The van der Waals surface area contributed by atoms with E-state index in [0.29, 0.717) is 0 Å². The Bertz CT molecular complexity index is 717. The maximum absolute atomic E-state index is 9.17. The van der Waals surface area contributed by atoms with E-state index in [-0.39, 0.29) is 0 Å². The Labute approximate surface area is 144 Å². The van der Waals surface area contributed by atoms with Crippen LogP contribution in [-0.2, 0) is 19.6 Å².